The van der Waals surface area contributed by atoms with Crippen molar-refractivity contribution in [1.82, 2.24) is 15.5 Å². The summed E-state index contributed by atoms with van der Waals surface area (Å²) in [4.78, 5) is 0. The van der Waals surface area contributed by atoms with Crippen molar-refractivity contribution in [3.8, 4) is 10.6 Å². The molecule has 0 aliphatic carbocycles. The van der Waals surface area contributed by atoms with Gasteiger partial charge in [0.2, 0.25) is 0 Å². The van der Waals surface area contributed by atoms with Crippen LogP contribution in [0.2, 0.25) is 5.02 Å². The Morgan fingerprint density at radius 2 is 2.06 bits per heavy atom. The van der Waals surface area contributed by atoms with Crippen molar-refractivity contribution >= 4 is 22.9 Å². The second-order valence-corrected chi connectivity index (χ2v) is 5.18. The summed E-state index contributed by atoms with van der Waals surface area (Å²) in [6, 6.07) is 7.61. The Labute approximate surface area is 115 Å². The van der Waals surface area contributed by atoms with Gasteiger partial charge in [-0.2, -0.15) is 0 Å². The lowest BCUT2D eigenvalue weighted by molar-refractivity contribution is 0.199. The highest BCUT2D eigenvalue weighted by Gasteiger charge is 2.06. The van der Waals surface area contributed by atoms with Crippen LogP contribution in [0.25, 0.3) is 10.6 Å². The van der Waals surface area contributed by atoms with E-state index in [2.05, 4.69) is 15.5 Å². The van der Waals surface area contributed by atoms with Gasteiger partial charge in [0.25, 0.3) is 0 Å². The molecule has 18 heavy (non-hydrogen) atoms. The molecule has 0 spiro atoms. The summed E-state index contributed by atoms with van der Waals surface area (Å²) < 4.78 is 4.96. The second kappa shape index (κ2) is 6.80. The first-order valence-corrected chi connectivity index (χ1v) is 6.77. The molecule has 2 rings (SSSR count). The number of nitrogens with one attached hydrogen (secondary N) is 1. The maximum atomic E-state index is 5.85. The fourth-order valence-electron chi connectivity index (χ4n) is 1.40. The first kappa shape index (κ1) is 13.4. The summed E-state index contributed by atoms with van der Waals surface area (Å²) in [7, 11) is 1.69. The molecule has 0 aliphatic heterocycles. The van der Waals surface area contributed by atoms with E-state index in [0.29, 0.717) is 13.2 Å². The van der Waals surface area contributed by atoms with Gasteiger partial charge in [0.1, 0.15) is 10.0 Å². The van der Waals surface area contributed by atoms with Crippen LogP contribution in [0.3, 0.4) is 0 Å². The quantitative estimate of drug-likeness (QED) is 0.828. The summed E-state index contributed by atoms with van der Waals surface area (Å²) in [5, 5.41) is 14.2. The zero-order chi connectivity index (χ0) is 12.8. The van der Waals surface area contributed by atoms with E-state index in [0.717, 1.165) is 27.1 Å². The van der Waals surface area contributed by atoms with Gasteiger partial charge in [-0.15, -0.1) is 10.2 Å². The van der Waals surface area contributed by atoms with Crippen LogP contribution in [0, 0.1) is 0 Å². The Kier molecular flexibility index (Phi) is 5.07. The molecule has 2 aromatic rings. The van der Waals surface area contributed by atoms with Crippen LogP contribution in [0.5, 0.6) is 0 Å². The van der Waals surface area contributed by atoms with E-state index in [4.69, 9.17) is 16.3 Å². The van der Waals surface area contributed by atoms with Crippen molar-refractivity contribution in [2.24, 2.45) is 0 Å². The highest BCUT2D eigenvalue weighted by atomic mass is 35.5. The Morgan fingerprint density at radius 3 is 2.78 bits per heavy atom. The second-order valence-electron chi connectivity index (χ2n) is 3.68. The normalized spacial score (nSPS) is 10.8. The average Bonchev–Trinajstić information content (AvgIpc) is 2.84. The van der Waals surface area contributed by atoms with Crippen molar-refractivity contribution in [3.05, 3.63) is 34.3 Å². The first-order valence-electron chi connectivity index (χ1n) is 5.57. The first-order chi connectivity index (χ1) is 8.79. The van der Waals surface area contributed by atoms with Crippen molar-refractivity contribution in [1.29, 1.82) is 0 Å². The topological polar surface area (TPSA) is 47.0 Å². The number of aromatic nitrogens is 2. The number of halogens is 1. The highest BCUT2D eigenvalue weighted by molar-refractivity contribution is 7.14. The molecule has 1 N–H and O–H groups in total. The summed E-state index contributed by atoms with van der Waals surface area (Å²) in [5.74, 6) is 0. The number of nitrogens with zero attached hydrogens (tertiary/aromatic N) is 2. The van der Waals surface area contributed by atoms with E-state index >= 15 is 0 Å². The Bertz CT molecular complexity index is 486. The van der Waals surface area contributed by atoms with Crippen molar-refractivity contribution < 1.29 is 4.74 Å². The molecule has 0 bridgehead atoms. The van der Waals surface area contributed by atoms with Gasteiger partial charge in [0.05, 0.1) is 6.61 Å². The fourth-order valence-corrected chi connectivity index (χ4v) is 2.34. The molecule has 0 fully saturated rings. The van der Waals surface area contributed by atoms with Gasteiger partial charge in [0.15, 0.2) is 0 Å². The van der Waals surface area contributed by atoms with Gasteiger partial charge in [-0.05, 0) is 12.1 Å². The lowest BCUT2D eigenvalue weighted by Crippen LogP contribution is -2.18. The molecular weight excluding hydrogens is 270 g/mol. The molecular formula is C12H14ClN3OS. The number of methoxy groups -OCH3 is 1. The summed E-state index contributed by atoms with van der Waals surface area (Å²) in [6.45, 7) is 2.23. The Hall–Kier alpha value is -1.01. The number of rotatable bonds is 6. The Balaban J connectivity index is 1.95. The van der Waals surface area contributed by atoms with E-state index in [1.165, 1.54) is 0 Å². The minimum absolute atomic E-state index is 0.697. The third-order valence-electron chi connectivity index (χ3n) is 2.32. The molecule has 0 amide bonds. The minimum Gasteiger partial charge on any atom is -0.383 e. The van der Waals surface area contributed by atoms with E-state index in [-0.39, 0.29) is 0 Å². The molecule has 0 aliphatic rings. The summed E-state index contributed by atoms with van der Waals surface area (Å²) >= 11 is 7.43. The predicted octanol–water partition coefficient (Wildman–Crippen LogP) is 2.59. The lowest BCUT2D eigenvalue weighted by atomic mass is 10.2. The van der Waals surface area contributed by atoms with Crippen LogP contribution in [0.1, 0.15) is 5.01 Å². The highest BCUT2D eigenvalue weighted by Crippen LogP contribution is 2.24. The molecule has 4 nitrogen and oxygen atoms in total. The van der Waals surface area contributed by atoms with Gasteiger partial charge >= 0.3 is 0 Å². The fraction of sp³-hybridized carbons (Fsp3) is 0.333. The van der Waals surface area contributed by atoms with E-state index in [1.54, 1.807) is 18.4 Å². The molecule has 0 atom stereocenters. The van der Waals surface area contributed by atoms with E-state index in [9.17, 15) is 0 Å². The van der Waals surface area contributed by atoms with Crippen LogP contribution >= 0.6 is 22.9 Å². The summed E-state index contributed by atoms with van der Waals surface area (Å²) in [5.41, 5.74) is 1.04. The van der Waals surface area contributed by atoms with E-state index in [1.807, 2.05) is 24.3 Å². The maximum absolute atomic E-state index is 5.85. The third-order valence-corrected chi connectivity index (χ3v) is 3.54. The van der Waals surface area contributed by atoms with Crippen LogP contribution < -0.4 is 5.32 Å². The van der Waals surface area contributed by atoms with Crippen molar-refractivity contribution in [3.63, 3.8) is 0 Å². The lowest BCUT2D eigenvalue weighted by Gasteiger charge is -1.99. The molecule has 0 saturated heterocycles. The van der Waals surface area contributed by atoms with Crippen molar-refractivity contribution in [2.45, 2.75) is 6.54 Å². The number of hydrogen-bond donors (Lipinski definition) is 1. The van der Waals surface area contributed by atoms with Crippen LogP contribution in [-0.4, -0.2) is 30.5 Å². The monoisotopic (exact) mass is 283 g/mol. The van der Waals surface area contributed by atoms with Crippen LogP contribution in [0.15, 0.2) is 24.3 Å². The summed E-state index contributed by atoms with van der Waals surface area (Å²) in [6.07, 6.45) is 0. The standard InChI is InChI=1S/C12H14ClN3OS/c1-17-7-6-14-8-11-15-16-12(18-11)9-2-4-10(13)5-3-9/h2-5,14H,6-8H2,1H3. The zero-order valence-electron chi connectivity index (χ0n) is 10.0. The van der Waals surface area contributed by atoms with Crippen LogP contribution in [0.4, 0.5) is 0 Å². The molecule has 1 aromatic carbocycles. The largest absolute Gasteiger partial charge is 0.383 e. The van der Waals surface area contributed by atoms with Gasteiger partial charge in [0, 0.05) is 30.8 Å². The molecule has 0 unspecified atom stereocenters. The molecule has 96 valence electrons. The smallest absolute Gasteiger partial charge is 0.147 e. The van der Waals surface area contributed by atoms with Gasteiger partial charge in [-0.1, -0.05) is 35.1 Å². The molecule has 0 radical (unpaired) electrons. The van der Waals surface area contributed by atoms with Gasteiger partial charge in [-0.3, -0.25) is 0 Å². The molecule has 1 heterocycles. The van der Waals surface area contributed by atoms with Gasteiger partial charge < -0.3 is 10.1 Å². The van der Waals surface area contributed by atoms with Crippen molar-refractivity contribution in [2.75, 3.05) is 20.3 Å². The number of benzene rings is 1. The Morgan fingerprint density at radius 1 is 1.28 bits per heavy atom. The molecule has 0 saturated carbocycles. The van der Waals surface area contributed by atoms with Gasteiger partial charge in [-0.25, -0.2) is 0 Å². The molecule has 6 heteroatoms. The third kappa shape index (κ3) is 3.74. The molecule has 1 aromatic heterocycles. The minimum atomic E-state index is 0.697. The van der Waals surface area contributed by atoms with E-state index < -0.39 is 0 Å². The predicted molar refractivity (Wildman–Crippen MR) is 73.9 cm³/mol. The zero-order valence-corrected chi connectivity index (χ0v) is 11.6. The average molecular weight is 284 g/mol. The number of ether oxygens (including phenoxy) is 1. The SMILES string of the molecule is COCCNCc1nnc(-c2ccc(Cl)cc2)s1. The van der Waals surface area contributed by atoms with Crippen LogP contribution in [-0.2, 0) is 11.3 Å². The number of hydrogen-bond acceptors (Lipinski definition) is 5. The maximum Gasteiger partial charge on any atom is 0.147 e.